The number of rotatable bonds is 5. The van der Waals surface area contributed by atoms with Crippen LogP contribution in [0.4, 0.5) is 10.1 Å². The third kappa shape index (κ3) is 3.92. The van der Waals surface area contributed by atoms with E-state index in [2.05, 4.69) is 15.4 Å². The number of methoxy groups -OCH3 is 1. The number of amides is 1. The molecule has 0 aliphatic carbocycles. The van der Waals surface area contributed by atoms with E-state index in [9.17, 15) is 14.0 Å². The number of aryl methyl sites for hydroxylation is 1. The van der Waals surface area contributed by atoms with Crippen molar-refractivity contribution in [2.24, 2.45) is 0 Å². The van der Waals surface area contributed by atoms with Crippen LogP contribution in [0.15, 0.2) is 53.3 Å². The summed E-state index contributed by atoms with van der Waals surface area (Å²) in [5.41, 5.74) is 1.36. The normalized spacial score (nSPS) is 10.9. The highest BCUT2D eigenvalue weighted by molar-refractivity contribution is 7.19. The summed E-state index contributed by atoms with van der Waals surface area (Å²) >= 11 is 1.36. The smallest absolute Gasteiger partial charge is 0.294 e. The van der Waals surface area contributed by atoms with Gasteiger partial charge in [0.05, 0.1) is 16.8 Å². The highest BCUT2D eigenvalue weighted by Gasteiger charge is 2.18. The van der Waals surface area contributed by atoms with Crippen LogP contribution >= 0.6 is 11.3 Å². The van der Waals surface area contributed by atoms with Gasteiger partial charge >= 0.3 is 0 Å². The molecule has 7 nitrogen and oxygen atoms in total. The Morgan fingerprint density at radius 3 is 2.80 bits per heavy atom. The quantitative estimate of drug-likeness (QED) is 0.529. The van der Waals surface area contributed by atoms with Gasteiger partial charge in [0, 0.05) is 11.3 Å². The first-order chi connectivity index (χ1) is 14.4. The number of carbonyl (C=O) groups excluding carboxylic acids is 1. The minimum atomic E-state index is -0.502. The zero-order valence-corrected chi connectivity index (χ0v) is 17.0. The number of benzene rings is 2. The molecule has 2 heterocycles. The highest BCUT2D eigenvalue weighted by atomic mass is 32.1. The summed E-state index contributed by atoms with van der Waals surface area (Å²) in [5.74, 6) is -0.328. The van der Waals surface area contributed by atoms with E-state index in [-0.39, 0.29) is 12.1 Å². The Morgan fingerprint density at radius 2 is 2.03 bits per heavy atom. The lowest BCUT2D eigenvalue weighted by Gasteiger charge is -2.10. The average Bonchev–Trinajstić information content (AvgIpc) is 3.12. The molecule has 4 rings (SSSR count). The Kier molecular flexibility index (Phi) is 5.28. The Balaban J connectivity index is 1.75. The fourth-order valence-corrected chi connectivity index (χ4v) is 3.95. The van der Waals surface area contributed by atoms with E-state index < -0.39 is 17.3 Å². The van der Waals surface area contributed by atoms with Gasteiger partial charge in [-0.25, -0.2) is 14.1 Å². The fraction of sp³-hybridized carbons (Fsp3) is 0.143. The first-order valence-electron chi connectivity index (χ1n) is 9.02. The third-order valence-electron chi connectivity index (χ3n) is 4.35. The largest absolute Gasteiger partial charge is 0.497 e. The number of nitrogens with zero attached hydrogens (tertiary/aromatic N) is 3. The van der Waals surface area contributed by atoms with Crippen LogP contribution in [0.2, 0.25) is 0 Å². The van der Waals surface area contributed by atoms with Gasteiger partial charge in [0.15, 0.2) is 5.52 Å². The maximum Gasteiger partial charge on any atom is 0.294 e. The summed E-state index contributed by atoms with van der Waals surface area (Å²) in [6.07, 6.45) is 0. The summed E-state index contributed by atoms with van der Waals surface area (Å²) in [6, 6.07) is 12.8. The number of ether oxygens (including phenoxy) is 1. The molecule has 0 saturated heterocycles. The maximum atomic E-state index is 13.4. The fourth-order valence-electron chi connectivity index (χ4n) is 3.04. The van der Waals surface area contributed by atoms with Crippen molar-refractivity contribution in [2.45, 2.75) is 13.5 Å². The number of hydrogen-bond donors (Lipinski definition) is 1. The zero-order valence-electron chi connectivity index (χ0n) is 16.2. The van der Waals surface area contributed by atoms with Crippen molar-refractivity contribution in [3.63, 3.8) is 0 Å². The Bertz CT molecular complexity index is 1320. The molecule has 30 heavy (non-hydrogen) atoms. The molecule has 0 radical (unpaired) electrons. The van der Waals surface area contributed by atoms with Crippen LogP contribution < -0.4 is 15.6 Å². The summed E-state index contributed by atoms with van der Waals surface area (Å²) in [6.45, 7) is 1.47. The van der Waals surface area contributed by atoms with Crippen LogP contribution in [0.3, 0.4) is 0 Å². The third-order valence-corrected chi connectivity index (χ3v) is 5.33. The summed E-state index contributed by atoms with van der Waals surface area (Å²) in [5, 5.41) is 7.73. The van der Waals surface area contributed by atoms with E-state index in [0.717, 1.165) is 15.3 Å². The van der Waals surface area contributed by atoms with Crippen molar-refractivity contribution in [1.82, 2.24) is 14.8 Å². The van der Waals surface area contributed by atoms with Gasteiger partial charge in [0.2, 0.25) is 5.91 Å². The number of thiazole rings is 1. The first kappa shape index (κ1) is 19.7. The average molecular weight is 424 g/mol. The number of anilines is 1. The van der Waals surface area contributed by atoms with Gasteiger partial charge in [-0.3, -0.25) is 9.59 Å². The molecule has 152 valence electrons. The summed E-state index contributed by atoms with van der Waals surface area (Å²) in [4.78, 5) is 29.7. The van der Waals surface area contributed by atoms with E-state index in [0.29, 0.717) is 21.8 Å². The van der Waals surface area contributed by atoms with Gasteiger partial charge in [0.1, 0.15) is 23.8 Å². The van der Waals surface area contributed by atoms with Crippen molar-refractivity contribution in [2.75, 3.05) is 12.4 Å². The second-order valence-electron chi connectivity index (χ2n) is 6.51. The van der Waals surface area contributed by atoms with Crippen LogP contribution in [0.1, 0.15) is 5.01 Å². The topological polar surface area (TPSA) is 86.1 Å². The van der Waals surface area contributed by atoms with Crippen LogP contribution in [0.25, 0.3) is 21.5 Å². The number of fused-ring (bicyclic) bond motifs is 1. The zero-order chi connectivity index (χ0) is 21.3. The van der Waals surface area contributed by atoms with Gasteiger partial charge in [-0.1, -0.05) is 18.2 Å². The van der Waals surface area contributed by atoms with Gasteiger partial charge in [-0.15, -0.1) is 11.3 Å². The van der Waals surface area contributed by atoms with Crippen LogP contribution in [-0.2, 0) is 11.3 Å². The molecule has 0 aliphatic heterocycles. The molecule has 0 bridgehead atoms. The number of halogens is 1. The van der Waals surface area contributed by atoms with E-state index in [1.54, 1.807) is 32.2 Å². The maximum absolute atomic E-state index is 13.4. The first-order valence-corrected chi connectivity index (χ1v) is 9.84. The number of nitrogens with one attached hydrogen (secondary N) is 1. The van der Waals surface area contributed by atoms with Crippen molar-refractivity contribution >= 4 is 33.1 Å². The Hall–Kier alpha value is -3.59. The minimum absolute atomic E-state index is 0.254. The van der Waals surface area contributed by atoms with Crippen molar-refractivity contribution in [3.8, 4) is 17.0 Å². The standard InChI is InChI=1S/C21H17FN4O3S/c1-12-23-19-20(30-12)18(13-5-3-8-16(9-13)29-2)25-26(21(19)28)11-17(27)24-15-7-4-6-14(22)10-15/h3-10H,11H2,1-2H3,(H,24,27). The molecule has 0 saturated carbocycles. The van der Waals surface area contributed by atoms with Crippen LogP contribution in [0.5, 0.6) is 5.75 Å². The van der Waals surface area contributed by atoms with Crippen molar-refractivity contribution in [3.05, 3.63) is 69.7 Å². The van der Waals surface area contributed by atoms with Gasteiger partial charge in [-0.2, -0.15) is 5.10 Å². The summed E-state index contributed by atoms with van der Waals surface area (Å²) in [7, 11) is 1.57. The van der Waals surface area contributed by atoms with Crippen molar-refractivity contribution in [1.29, 1.82) is 0 Å². The molecule has 2 aromatic carbocycles. The molecule has 2 aromatic heterocycles. The molecule has 4 aromatic rings. The molecule has 0 atom stereocenters. The van der Waals surface area contributed by atoms with Crippen LogP contribution in [0, 0.1) is 12.7 Å². The van der Waals surface area contributed by atoms with E-state index in [1.165, 1.54) is 29.5 Å². The highest BCUT2D eigenvalue weighted by Crippen LogP contribution is 2.31. The Morgan fingerprint density at radius 1 is 1.23 bits per heavy atom. The van der Waals surface area contributed by atoms with Crippen LogP contribution in [-0.4, -0.2) is 27.8 Å². The SMILES string of the molecule is COc1cccc(-c2nn(CC(=O)Nc3cccc(F)c3)c(=O)c3nc(C)sc23)c1. The molecule has 9 heteroatoms. The Labute approximate surface area is 174 Å². The molecule has 0 spiro atoms. The van der Waals surface area contributed by atoms with Gasteiger partial charge in [0.25, 0.3) is 5.56 Å². The van der Waals surface area contributed by atoms with E-state index in [4.69, 9.17) is 4.74 Å². The molecule has 1 amide bonds. The molecule has 1 N–H and O–H groups in total. The monoisotopic (exact) mass is 424 g/mol. The second kappa shape index (κ2) is 8.03. The molecule has 0 fully saturated rings. The lowest BCUT2D eigenvalue weighted by Crippen LogP contribution is -2.30. The number of carbonyl (C=O) groups is 1. The van der Waals surface area contributed by atoms with E-state index >= 15 is 0 Å². The van der Waals surface area contributed by atoms with Gasteiger partial charge < -0.3 is 10.1 Å². The lowest BCUT2D eigenvalue weighted by atomic mass is 10.1. The molecule has 0 aliphatic rings. The molecule has 0 unspecified atom stereocenters. The predicted octanol–water partition coefficient (Wildman–Crippen LogP) is 3.61. The number of aromatic nitrogens is 3. The molecular weight excluding hydrogens is 407 g/mol. The van der Waals surface area contributed by atoms with Gasteiger partial charge in [-0.05, 0) is 37.3 Å². The van der Waals surface area contributed by atoms with Crippen molar-refractivity contribution < 1.29 is 13.9 Å². The molecular formula is C21H17FN4O3S. The summed E-state index contributed by atoms with van der Waals surface area (Å²) < 4.78 is 20.4. The lowest BCUT2D eigenvalue weighted by molar-refractivity contribution is -0.117. The predicted molar refractivity (Wildman–Crippen MR) is 113 cm³/mol. The number of hydrogen-bond acceptors (Lipinski definition) is 6. The second-order valence-corrected chi connectivity index (χ2v) is 7.72. The van der Waals surface area contributed by atoms with E-state index in [1.807, 2.05) is 12.1 Å². The minimum Gasteiger partial charge on any atom is -0.497 e.